The van der Waals surface area contributed by atoms with Gasteiger partial charge in [-0.05, 0) is 55.9 Å². The Bertz CT molecular complexity index is 648. The third-order valence-electron chi connectivity index (χ3n) is 2.90. The van der Waals surface area contributed by atoms with E-state index in [2.05, 4.69) is 15.8 Å². The lowest BCUT2D eigenvalue weighted by Crippen LogP contribution is -2.24. The van der Waals surface area contributed by atoms with Crippen molar-refractivity contribution in [3.05, 3.63) is 65.5 Å². The Kier molecular flexibility index (Phi) is 5.00. The van der Waals surface area contributed by atoms with Crippen LogP contribution in [-0.4, -0.2) is 10.8 Å². The first-order valence-corrected chi connectivity index (χ1v) is 6.89. The summed E-state index contributed by atoms with van der Waals surface area (Å²) >= 11 is 5.17. The van der Waals surface area contributed by atoms with Gasteiger partial charge in [0.15, 0.2) is 5.11 Å². The molecule has 2 N–H and O–H groups in total. The number of nitrogens with zero attached hydrogens (tertiary/aromatic N) is 1. The summed E-state index contributed by atoms with van der Waals surface area (Å²) in [5, 5.41) is 7.62. The van der Waals surface area contributed by atoms with Gasteiger partial charge in [0.25, 0.3) is 0 Å². The number of benzene rings is 2. The molecule has 0 atom stereocenters. The van der Waals surface area contributed by atoms with Crippen LogP contribution in [0.4, 0.5) is 10.1 Å². The number of rotatable bonds is 3. The molecule has 0 fully saturated rings. The third kappa shape index (κ3) is 4.65. The molecule has 0 spiro atoms. The summed E-state index contributed by atoms with van der Waals surface area (Å²) in [6.07, 6.45) is 0. The zero-order chi connectivity index (χ0) is 15.2. The van der Waals surface area contributed by atoms with Crippen LogP contribution >= 0.6 is 12.2 Å². The number of hydrazone groups is 1. The first-order valence-electron chi connectivity index (χ1n) is 6.48. The molecule has 2 aromatic rings. The van der Waals surface area contributed by atoms with E-state index in [1.54, 1.807) is 12.1 Å². The van der Waals surface area contributed by atoms with Gasteiger partial charge < -0.3 is 5.32 Å². The SMILES string of the molecule is C/C(=N/NC(=S)Nc1ccc(C)cc1)c1ccc(F)cc1. The van der Waals surface area contributed by atoms with Crippen molar-refractivity contribution in [2.45, 2.75) is 13.8 Å². The summed E-state index contributed by atoms with van der Waals surface area (Å²) in [5.41, 5.74) is 6.41. The smallest absolute Gasteiger partial charge is 0.191 e. The molecule has 2 rings (SSSR count). The van der Waals surface area contributed by atoms with Crippen molar-refractivity contribution in [3.8, 4) is 0 Å². The molecule has 0 saturated carbocycles. The molecular weight excluding hydrogens is 285 g/mol. The molecule has 0 heterocycles. The minimum atomic E-state index is -0.268. The Morgan fingerprint density at radius 3 is 2.29 bits per heavy atom. The van der Waals surface area contributed by atoms with E-state index >= 15 is 0 Å². The predicted molar refractivity (Wildman–Crippen MR) is 89.1 cm³/mol. The number of thiocarbonyl (C=S) groups is 1. The van der Waals surface area contributed by atoms with E-state index in [1.165, 1.54) is 17.7 Å². The molecular formula is C16H16FN3S. The zero-order valence-corrected chi connectivity index (χ0v) is 12.7. The molecule has 3 nitrogen and oxygen atoms in total. The van der Waals surface area contributed by atoms with E-state index in [4.69, 9.17) is 12.2 Å². The normalized spacial score (nSPS) is 11.1. The van der Waals surface area contributed by atoms with Crippen LogP contribution in [0.1, 0.15) is 18.1 Å². The van der Waals surface area contributed by atoms with E-state index in [9.17, 15) is 4.39 Å². The van der Waals surface area contributed by atoms with Gasteiger partial charge in [-0.3, -0.25) is 5.43 Å². The Labute approximate surface area is 128 Å². The van der Waals surface area contributed by atoms with Crippen molar-refractivity contribution in [1.82, 2.24) is 5.43 Å². The van der Waals surface area contributed by atoms with Gasteiger partial charge in [-0.2, -0.15) is 5.10 Å². The molecule has 0 aromatic heterocycles. The van der Waals surface area contributed by atoms with E-state index in [0.717, 1.165) is 17.0 Å². The fourth-order valence-electron chi connectivity index (χ4n) is 1.69. The van der Waals surface area contributed by atoms with Crippen LogP contribution in [-0.2, 0) is 0 Å². The van der Waals surface area contributed by atoms with Gasteiger partial charge in [-0.1, -0.05) is 29.8 Å². The first-order chi connectivity index (χ1) is 10.0. The van der Waals surface area contributed by atoms with Crippen molar-refractivity contribution < 1.29 is 4.39 Å². The van der Waals surface area contributed by atoms with Crippen LogP contribution in [0.25, 0.3) is 0 Å². The molecule has 5 heteroatoms. The van der Waals surface area contributed by atoms with E-state index in [-0.39, 0.29) is 5.82 Å². The molecule has 0 amide bonds. The topological polar surface area (TPSA) is 36.4 Å². The van der Waals surface area contributed by atoms with Gasteiger partial charge in [0.1, 0.15) is 5.82 Å². The van der Waals surface area contributed by atoms with Crippen molar-refractivity contribution >= 4 is 28.7 Å². The maximum Gasteiger partial charge on any atom is 0.191 e. The van der Waals surface area contributed by atoms with Crippen LogP contribution in [0.5, 0.6) is 0 Å². The largest absolute Gasteiger partial charge is 0.331 e. The minimum Gasteiger partial charge on any atom is -0.331 e. The molecule has 0 aliphatic heterocycles. The van der Waals surface area contributed by atoms with Crippen molar-refractivity contribution in [3.63, 3.8) is 0 Å². The molecule has 0 aliphatic carbocycles. The fraction of sp³-hybridized carbons (Fsp3) is 0.125. The number of hydrogen-bond acceptors (Lipinski definition) is 2. The second kappa shape index (κ2) is 6.95. The second-order valence-electron chi connectivity index (χ2n) is 4.64. The van der Waals surface area contributed by atoms with Crippen LogP contribution in [0.15, 0.2) is 53.6 Å². The molecule has 108 valence electrons. The molecule has 0 aliphatic rings. The number of aryl methyl sites for hydroxylation is 1. The molecule has 0 saturated heterocycles. The highest BCUT2D eigenvalue weighted by Gasteiger charge is 1.99. The molecule has 2 aromatic carbocycles. The van der Waals surface area contributed by atoms with Gasteiger partial charge in [0.05, 0.1) is 5.71 Å². The second-order valence-corrected chi connectivity index (χ2v) is 5.04. The molecule has 21 heavy (non-hydrogen) atoms. The van der Waals surface area contributed by atoms with Gasteiger partial charge in [-0.25, -0.2) is 4.39 Å². The van der Waals surface area contributed by atoms with Gasteiger partial charge >= 0.3 is 0 Å². The third-order valence-corrected chi connectivity index (χ3v) is 3.09. The van der Waals surface area contributed by atoms with Gasteiger partial charge in [0, 0.05) is 5.69 Å². The highest BCUT2D eigenvalue weighted by Crippen LogP contribution is 2.08. The van der Waals surface area contributed by atoms with Crippen molar-refractivity contribution in [2.24, 2.45) is 5.10 Å². The fourth-order valence-corrected chi connectivity index (χ4v) is 1.85. The summed E-state index contributed by atoms with van der Waals surface area (Å²) in [7, 11) is 0. The van der Waals surface area contributed by atoms with Gasteiger partial charge in [0.2, 0.25) is 0 Å². The molecule has 0 radical (unpaired) electrons. The monoisotopic (exact) mass is 301 g/mol. The predicted octanol–water partition coefficient (Wildman–Crippen LogP) is 3.84. The minimum absolute atomic E-state index is 0.268. The van der Waals surface area contributed by atoms with E-state index in [0.29, 0.717) is 5.11 Å². The number of halogens is 1. The Morgan fingerprint density at radius 1 is 1.05 bits per heavy atom. The van der Waals surface area contributed by atoms with Crippen LogP contribution in [0, 0.1) is 12.7 Å². The average molecular weight is 301 g/mol. The summed E-state index contributed by atoms with van der Waals surface area (Å²) < 4.78 is 12.8. The molecule has 0 bridgehead atoms. The number of hydrogen-bond donors (Lipinski definition) is 2. The first kappa shape index (κ1) is 15.1. The Morgan fingerprint density at radius 2 is 1.67 bits per heavy atom. The van der Waals surface area contributed by atoms with Crippen molar-refractivity contribution in [2.75, 3.05) is 5.32 Å². The Hall–Kier alpha value is -2.27. The quantitative estimate of drug-likeness (QED) is 0.514. The van der Waals surface area contributed by atoms with Crippen LogP contribution < -0.4 is 10.7 Å². The lowest BCUT2D eigenvalue weighted by atomic mass is 10.1. The van der Waals surface area contributed by atoms with Crippen molar-refractivity contribution in [1.29, 1.82) is 0 Å². The van der Waals surface area contributed by atoms with E-state index < -0.39 is 0 Å². The maximum absolute atomic E-state index is 12.8. The summed E-state index contributed by atoms with van der Waals surface area (Å²) in [6, 6.07) is 14.0. The summed E-state index contributed by atoms with van der Waals surface area (Å²) in [5.74, 6) is -0.268. The highest BCUT2D eigenvalue weighted by molar-refractivity contribution is 7.80. The summed E-state index contributed by atoms with van der Waals surface area (Å²) in [4.78, 5) is 0. The average Bonchev–Trinajstić information content (AvgIpc) is 2.48. The standard InChI is InChI=1S/C16H16FN3S/c1-11-3-9-15(10-4-11)18-16(21)20-19-12(2)13-5-7-14(17)8-6-13/h3-10H,1-2H3,(H2,18,20,21)/b19-12-. The lowest BCUT2D eigenvalue weighted by Gasteiger charge is -2.08. The Balaban J connectivity index is 1.94. The van der Waals surface area contributed by atoms with Crippen LogP contribution in [0.3, 0.4) is 0 Å². The zero-order valence-electron chi connectivity index (χ0n) is 11.9. The summed E-state index contributed by atoms with van der Waals surface area (Å²) in [6.45, 7) is 3.85. The number of anilines is 1. The van der Waals surface area contributed by atoms with Gasteiger partial charge in [-0.15, -0.1) is 0 Å². The lowest BCUT2D eigenvalue weighted by molar-refractivity contribution is 0.628. The van der Waals surface area contributed by atoms with E-state index in [1.807, 2.05) is 38.1 Å². The highest BCUT2D eigenvalue weighted by atomic mass is 32.1. The maximum atomic E-state index is 12.8. The number of nitrogens with one attached hydrogen (secondary N) is 2. The molecule has 0 unspecified atom stereocenters. The van der Waals surface area contributed by atoms with Crippen LogP contribution in [0.2, 0.25) is 0 Å².